The first-order valence-corrected chi connectivity index (χ1v) is 5.93. The van der Waals surface area contributed by atoms with Crippen LogP contribution in [0.5, 0.6) is 0 Å². The van der Waals surface area contributed by atoms with Gasteiger partial charge >= 0.3 is 0 Å². The first kappa shape index (κ1) is 11.8. The Labute approximate surface area is 101 Å². The summed E-state index contributed by atoms with van der Waals surface area (Å²) in [4.78, 5) is 2.11. The zero-order valence-electron chi connectivity index (χ0n) is 9.96. The van der Waals surface area contributed by atoms with Gasteiger partial charge in [-0.2, -0.15) is 10.4 Å². The maximum Gasteiger partial charge on any atom is 0.169 e. The molecule has 1 fully saturated rings. The Balaban J connectivity index is 2.03. The zero-order valence-corrected chi connectivity index (χ0v) is 9.96. The van der Waals surface area contributed by atoms with Crippen molar-refractivity contribution >= 4 is 5.82 Å². The minimum absolute atomic E-state index is 0.346. The molecule has 0 atom stereocenters. The summed E-state index contributed by atoms with van der Waals surface area (Å²) in [5.74, 6) is 0.699. The largest absolute Gasteiger partial charge is 0.378 e. The molecule has 1 aliphatic rings. The molecule has 5 nitrogen and oxygen atoms in total. The second kappa shape index (κ2) is 5.60. The Morgan fingerprint density at radius 3 is 2.94 bits per heavy atom. The molecule has 1 saturated heterocycles. The van der Waals surface area contributed by atoms with E-state index in [0.717, 1.165) is 32.5 Å². The van der Waals surface area contributed by atoms with Gasteiger partial charge in [0.2, 0.25) is 0 Å². The predicted octanol–water partition coefficient (Wildman–Crippen LogP) is 1.35. The minimum atomic E-state index is 0.346. The average molecular weight is 232 g/mol. The van der Waals surface area contributed by atoms with E-state index in [1.54, 1.807) is 12.3 Å². The summed E-state index contributed by atoms with van der Waals surface area (Å²) < 4.78 is 5.60. The number of anilines is 1. The van der Waals surface area contributed by atoms with Gasteiger partial charge in [0.05, 0.1) is 17.9 Å². The topological polar surface area (TPSA) is 62.0 Å². The number of nitrogens with zero attached hydrogens (tertiary/aromatic N) is 4. The summed E-state index contributed by atoms with van der Waals surface area (Å²) in [6, 6.07) is 3.86. The van der Waals surface area contributed by atoms with Crippen molar-refractivity contribution in [2.24, 2.45) is 0 Å². The van der Waals surface area contributed by atoms with Crippen molar-refractivity contribution in [3.8, 4) is 6.07 Å². The standard InChI is InChI=1S/C12H16N4O/c1-2-17-11-4-7-16(8-5-11)12-10(9-13)3-6-14-15-12/h3,6,11H,2,4-5,7-8H2,1H3. The van der Waals surface area contributed by atoms with Gasteiger partial charge in [0.25, 0.3) is 0 Å². The van der Waals surface area contributed by atoms with Crippen LogP contribution < -0.4 is 4.90 Å². The van der Waals surface area contributed by atoms with E-state index in [1.807, 2.05) is 6.92 Å². The third kappa shape index (κ3) is 2.71. The maximum atomic E-state index is 9.02. The molecule has 5 heteroatoms. The number of piperidine rings is 1. The van der Waals surface area contributed by atoms with Gasteiger partial charge in [0.1, 0.15) is 6.07 Å². The van der Waals surface area contributed by atoms with Gasteiger partial charge in [-0.05, 0) is 25.8 Å². The second-order valence-electron chi connectivity index (χ2n) is 4.02. The minimum Gasteiger partial charge on any atom is -0.378 e. The molecule has 0 N–H and O–H groups in total. The van der Waals surface area contributed by atoms with Crippen LogP contribution in [0.4, 0.5) is 5.82 Å². The second-order valence-corrected chi connectivity index (χ2v) is 4.02. The highest BCUT2D eigenvalue weighted by atomic mass is 16.5. The summed E-state index contributed by atoms with van der Waals surface area (Å²) in [6.45, 7) is 4.53. The van der Waals surface area contributed by atoms with Gasteiger partial charge in [-0.25, -0.2) is 0 Å². The van der Waals surface area contributed by atoms with E-state index >= 15 is 0 Å². The van der Waals surface area contributed by atoms with Crippen LogP contribution in [0.3, 0.4) is 0 Å². The molecule has 0 radical (unpaired) electrons. The lowest BCUT2D eigenvalue weighted by molar-refractivity contribution is 0.0458. The molecule has 0 unspecified atom stereocenters. The smallest absolute Gasteiger partial charge is 0.169 e. The number of rotatable bonds is 3. The third-order valence-corrected chi connectivity index (χ3v) is 2.97. The summed E-state index contributed by atoms with van der Waals surface area (Å²) >= 11 is 0. The fraction of sp³-hybridized carbons (Fsp3) is 0.583. The van der Waals surface area contributed by atoms with Crippen LogP contribution in [0.25, 0.3) is 0 Å². The van der Waals surface area contributed by atoms with E-state index in [4.69, 9.17) is 10.00 Å². The molecule has 17 heavy (non-hydrogen) atoms. The lowest BCUT2D eigenvalue weighted by Crippen LogP contribution is -2.38. The van der Waals surface area contributed by atoms with E-state index in [-0.39, 0.29) is 0 Å². The highest BCUT2D eigenvalue weighted by Crippen LogP contribution is 2.21. The fourth-order valence-corrected chi connectivity index (χ4v) is 2.12. The third-order valence-electron chi connectivity index (χ3n) is 2.97. The Hall–Kier alpha value is -1.67. The quantitative estimate of drug-likeness (QED) is 0.787. The summed E-state index contributed by atoms with van der Waals surface area (Å²) in [6.07, 6.45) is 3.86. The molecule has 0 spiro atoms. The lowest BCUT2D eigenvalue weighted by atomic mass is 10.1. The Kier molecular flexibility index (Phi) is 3.89. The van der Waals surface area contributed by atoms with Crippen molar-refractivity contribution < 1.29 is 4.74 Å². The van der Waals surface area contributed by atoms with Gasteiger partial charge < -0.3 is 9.64 Å². The van der Waals surface area contributed by atoms with Crippen LogP contribution in [0.2, 0.25) is 0 Å². The number of aromatic nitrogens is 2. The molecule has 2 rings (SSSR count). The van der Waals surface area contributed by atoms with Gasteiger partial charge in [-0.1, -0.05) is 0 Å². The van der Waals surface area contributed by atoms with Gasteiger partial charge in [-0.3, -0.25) is 0 Å². The van der Waals surface area contributed by atoms with Crippen molar-refractivity contribution in [1.82, 2.24) is 10.2 Å². The van der Waals surface area contributed by atoms with Gasteiger partial charge in [0.15, 0.2) is 5.82 Å². The predicted molar refractivity (Wildman–Crippen MR) is 63.6 cm³/mol. The maximum absolute atomic E-state index is 9.02. The van der Waals surface area contributed by atoms with Crippen LogP contribution in [-0.2, 0) is 4.74 Å². The van der Waals surface area contributed by atoms with Crippen molar-refractivity contribution in [3.05, 3.63) is 17.8 Å². The van der Waals surface area contributed by atoms with Crippen LogP contribution in [-0.4, -0.2) is 36.0 Å². The SMILES string of the molecule is CCOC1CCN(c2nnccc2C#N)CC1. The number of hydrogen-bond donors (Lipinski definition) is 0. The normalized spacial score (nSPS) is 16.8. The van der Waals surface area contributed by atoms with Crippen LogP contribution >= 0.6 is 0 Å². The van der Waals surface area contributed by atoms with E-state index in [0.29, 0.717) is 17.5 Å². The van der Waals surface area contributed by atoms with Crippen LogP contribution in [0.1, 0.15) is 25.3 Å². The molecule has 1 aromatic rings. The number of ether oxygens (including phenoxy) is 1. The van der Waals surface area contributed by atoms with E-state index in [9.17, 15) is 0 Å². The highest BCUT2D eigenvalue weighted by molar-refractivity contribution is 5.52. The van der Waals surface area contributed by atoms with Crippen LogP contribution in [0, 0.1) is 11.3 Å². The molecule has 2 heterocycles. The molecular formula is C12H16N4O. The summed E-state index contributed by atoms with van der Waals surface area (Å²) in [5, 5.41) is 16.9. The lowest BCUT2D eigenvalue weighted by Gasteiger charge is -2.32. The summed E-state index contributed by atoms with van der Waals surface area (Å²) in [5.41, 5.74) is 0.592. The zero-order chi connectivity index (χ0) is 12.1. The molecular weight excluding hydrogens is 216 g/mol. The molecule has 90 valence electrons. The van der Waals surface area contributed by atoms with Gasteiger partial charge in [-0.15, -0.1) is 5.10 Å². The van der Waals surface area contributed by atoms with E-state index in [1.165, 1.54) is 0 Å². The van der Waals surface area contributed by atoms with Crippen LogP contribution in [0.15, 0.2) is 12.3 Å². The average Bonchev–Trinajstić information content (AvgIpc) is 2.40. The molecule has 1 aliphatic heterocycles. The molecule has 0 saturated carbocycles. The first-order valence-electron chi connectivity index (χ1n) is 5.93. The fourth-order valence-electron chi connectivity index (χ4n) is 2.12. The van der Waals surface area contributed by atoms with Gasteiger partial charge in [0, 0.05) is 19.7 Å². The monoisotopic (exact) mass is 232 g/mol. The van der Waals surface area contributed by atoms with Crippen molar-refractivity contribution in [1.29, 1.82) is 5.26 Å². The van der Waals surface area contributed by atoms with Crippen molar-refractivity contribution in [2.75, 3.05) is 24.6 Å². The van der Waals surface area contributed by atoms with E-state index < -0.39 is 0 Å². The molecule has 1 aromatic heterocycles. The van der Waals surface area contributed by atoms with Crippen molar-refractivity contribution in [3.63, 3.8) is 0 Å². The Morgan fingerprint density at radius 1 is 1.53 bits per heavy atom. The molecule has 0 aromatic carbocycles. The molecule has 0 amide bonds. The van der Waals surface area contributed by atoms with E-state index in [2.05, 4.69) is 21.2 Å². The Morgan fingerprint density at radius 2 is 2.29 bits per heavy atom. The number of nitriles is 1. The Bertz CT molecular complexity index is 407. The summed E-state index contributed by atoms with van der Waals surface area (Å²) in [7, 11) is 0. The molecule has 0 aliphatic carbocycles. The number of hydrogen-bond acceptors (Lipinski definition) is 5. The van der Waals surface area contributed by atoms with Crippen molar-refractivity contribution in [2.45, 2.75) is 25.9 Å². The highest BCUT2D eigenvalue weighted by Gasteiger charge is 2.22. The molecule has 0 bridgehead atoms. The first-order chi connectivity index (χ1) is 8.35.